The first-order valence-electron chi connectivity index (χ1n) is 5.74. The minimum atomic E-state index is -0.295. The highest BCUT2D eigenvalue weighted by molar-refractivity contribution is 5.86. The molecule has 0 aliphatic heterocycles. The molecule has 0 unspecified atom stereocenters. The van der Waals surface area contributed by atoms with Crippen molar-refractivity contribution in [1.29, 1.82) is 0 Å². The summed E-state index contributed by atoms with van der Waals surface area (Å²) in [6.45, 7) is 8.34. The monoisotopic (exact) mass is 226 g/mol. The normalized spacial score (nSPS) is 10.4. The molecule has 0 amide bonds. The second-order valence-electron chi connectivity index (χ2n) is 3.67. The van der Waals surface area contributed by atoms with Crippen LogP contribution in [-0.2, 0) is 14.3 Å². The average Bonchev–Trinajstić information content (AvgIpc) is 2.26. The van der Waals surface area contributed by atoms with Crippen molar-refractivity contribution in [3.8, 4) is 0 Å². The van der Waals surface area contributed by atoms with Gasteiger partial charge < -0.3 is 9.47 Å². The Morgan fingerprint density at radius 1 is 1.19 bits per heavy atom. The molecule has 0 N–H and O–H groups in total. The Bertz CT molecular complexity index is 231. The summed E-state index contributed by atoms with van der Waals surface area (Å²) in [7, 11) is 0. The predicted octanol–water partition coefficient (Wildman–Crippen LogP) is 3.22. The van der Waals surface area contributed by atoms with E-state index in [1.165, 1.54) is 0 Å². The summed E-state index contributed by atoms with van der Waals surface area (Å²) in [5.41, 5.74) is 0.458. The highest BCUT2D eigenvalue weighted by Gasteiger charge is 2.01. The number of allylic oxidation sites excluding steroid dienone is 1. The molecule has 0 saturated carbocycles. The van der Waals surface area contributed by atoms with Gasteiger partial charge in [-0.2, -0.15) is 0 Å². The zero-order chi connectivity index (χ0) is 12.2. The summed E-state index contributed by atoms with van der Waals surface area (Å²) in [5, 5.41) is 0. The maximum Gasteiger partial charge on any atom is 0.333 e. The topological polar surface area (TPSA) is 35.5 Å². The van der Waals surface area contributed by atoms with Crippen LogP contribution in [0.25, 0.3) is 0 Å². The molecular weight excluding hydrogens is 204 g/mol. The molecule has 0 fully saturated rings. The third-order valence-corrected chi connectivity index (χ3v) is 1.97. The first-order chi connectivity index (χ1) is 7.68. The lowest BCUT2D eigenvalue weighted by molar-refractivity contribution is -0.139. The van der Waals surface area contributed by atoms with E-state index in [0.717, 1.165) is 32.3 Å². The number of hydrogen-bond acceptors (Lipinski definition) is 3. The van der Waals surface area contributed by atoms with Crippen LogP contribution in [0.2, 0.25) is 0 Å². The smallest absolute Gasteiger partial charge is 0.333 e. The molecule has 92 valence electrons. The fraction of sp³-hybridized carbons (Fsp3) is 0.615. The van der Waals surface area contributed by atoms with Gasteiger partial charge in [-0.05, 0) is 39.5 Å². The molecule has 0 spiro atoms. The maximum atomic E-state index is 11.0. The molecule has 3 heteroatoms. The zero-order valence-electron chi connectivity index (χ0n) is 10.3. The lowest BCUT2D eigenvalue weighted by Gasteiger charge is -2.04. The van der Waals surface area contributed by atoms with Gasteiger partial charge in [0, 0.05) is 5.57 Å². The second-order valence-corrected chi connectivity index (χ2v) is 3.67. The van der Waals surface area contributed by atoms with Crippen LogP contribution < -0.4 is 0 Å². The molecule has 16 heavy (non-hydrogen) atoms. The number of carbonyl (C=O) groups excluding carboxylic acids is 1. The molecule has 0 atom stereocenters. The first kappa shape index (κ1) is 14.8. The Labute approximate surface area is 98.1 Å². The molecule has 0 bridgehead atoms. The summed E-state index contributed by atoms with van der Waals surface area (Å²) in [6.07, 6.45) is 7.68. The number of esters is 1. The van der Waals surface area contributed by atoms with Crippen molar-refractivity contribution in [3.05, 3.63) is 24.5 Å². The lowest BCUT2D eigenvalue weighted by Crippen LogP contribution is -2.06. The SMILES string of the molecule is C=C(C)C(=O)OCCCCCCOC=CC. The van der Waals surface area contributed by atoms with Crippen molar-refractivity contribution in [2.75, 3.05) is 13.2 Å². The molecule has 0 saturated heterocycles. The van der Waals surface area contributed by atoms with Gasteiger partial charge in [-0.1, -0.05) is 12.7 Å². The fourth-order valence-electron chi connectivity index (χ4n) is 1.09. The van der Waals surface area contributed by atoms with Crippen molar-refractivity contribution in [3.63, 3.8) is 0 Å². The average molecular weight is 226 g/mol. The molecule has 0 heterocycles. The lowest BCUT2D eigenvalue weighted by atomic mass is 10.2. The van der Waals surface area contributed by atoms with E-state index in [0.29, 0.717) is 12.2 Å². The van der Waals surface area contributed by atoms with E-state index in [4.69, 9.17) is 9.47 Å². The molecular formula is C13H22O3. The Balaban J connectivity index is 3.15. The summed E-state index contributed by atoms with van der Waals surface area (Å²) in [4.78, 5) is 11.0. The van der Waals surface area contributed by atoms with E-state index in [9.17, 15) is 4.79 Å². The van der Waals surface area contributed by atoms with Crippen LogP contribution >= 0.6 is 0 Å². The van der Waals surface area contributed by atoms with Gasteiger partial charge in [0.25, 0.3) is 0 Å². The van der Waals surface area contributed by atoms with Crippen molar-refractivity contribution in [2.45, 2.75) is 39.5 Å². The molecule has 0 aromatic rings. The van der Waals surface area contributed by atoms with Crippen molar-refractivity contribution >= 4 is 5.97 Å². The number of ether oxygens (including phenoxy) is 2. The largest absolute Gasteiger partial charge is 0.502 e. The van der Waals surface area contributed by atoms with E-state index >= 15 is 0 Å². The van der Waals surface area contributed by atoms with Gasteiger partial charge in [0.2, 0.25) is 0 Å². The predicted molar refractivity (Wildman–Crippen MR) is 65.0 cm³/mol. The standard InChI is InChI=1S/C13H22O3/c1-4-9-15-10-7-5-6-8-11-16-13(14)12(2)3/h4,9H,2,5-8,10-11H2,1,3H3. The number of carbonyl (C=O) groups is 1. The van der Waals surface area contributed by atoms with Crippen LogP contribution in [0.5, 0.6) is 0 Å². The van der Waals surface area contributed by atoms with E-state index in [1.54, 1.807) is 13.2 Å². The van der Waals surface area contributed by atoms with Gasteiger partial charge in [0.05, 0.1) is 19.5 Å². The molecule has 0 radical (unpaired) electrons. The highest BCUT2D eigenvalue weighted by atomic mass is 16.5. The van der Waals surface area contributed by atoms with Gasteiger partial charge in [0.1, 0.15) is 0 Å². The Morgan fingerprint density at radius 3 is 2.38 bits per heavy atom. The van der Waals surface area contributed by atoms with Gasteiger partial charge in [-0.25, -0.2) is 4.79 Å². The molecule has 0 rings (SSSR count). The zero-order valence-corrected chi connectivity index (χ0v) is 10.3. The Hall–Kier alpha value is -1.25. The van der Waals surface area contributed by atoms with Gasteiger partial charge in [-0.3, -0.25) is 0 Å². The molecule has 0 aliphatic carbocycles. The quantitative estimate of drug-likeness (QED) is 0.262. The third kappa shape index (κ3) is 9.31. The van der Waals surface area contributed by atoms with Crippen molar-refractivity contribution in [2.24, 2.45) is 0 Å². The second kappa shape index (κ2) is 10.3. The number of unbranched alkanes of at least 4 members (excludes halogenated alkanes) is 3. The minimum absolute atomic E-state index is 0.295. The number of hydrogen-bond donors (Lipinski definition) is 0. The summed E-state index contributed by atoms with van der Waals surface area (Å²) < 4.78 is 10.1. The van der Waals surface area contributed by atoms with E-state index in [2.05, 4.69) is 6.58 Å². The van der Waals surface area contributed by atoms with Crippen molar-refractivity contribution in [1.82, 2.24) is 0 Å². The highest BCUT2D eigenvalue weighted by Crippen LogP contribution is 2.02. The van der Waals surface area contributed by atoms with Crippen LogP contribution in [-0.4, -0.2) is 19.2 Å². The van der Waals surface area contributed by atoms with Crippen LogP contribution in [0.4, 0.5) is 0 Å². The van der Waals surface area contributed by atoms with Gasteiger partial charge in [0.15, 0.2) is 0 Å². The molecule has 0 aliphatic rings. The van der Waals surface area contributed by atoms with Gasteiger partial charge in [-0.15, -0.1) is 0 Å². The summed E-state index contributed by atoms with van der Waals surface area (Å²) in [5.74, 6) is -0.295. The van der Waals surface area contributed by atoms with Crippen LogP contribution in [0, 0.1) is 0 Å². The Kier molecular flexibility index (Phi) is 9.47. The molecule has 0 aromatic heterocycles. The molecule has 0 aromatic carbocycles. The minimum Gasteiger partial charge on any atom is -0.502 e. The van der Waals surface area contributed by atoms with E-state index in [1.807, 2.05) is 13.0 Å². The van der Waals surface area contributed by atoms with Crippen molar-refractivity contribution < 1.29 is 14.3 Å². The van der Waals surface area contributed by atoms with Crippen LogP contribution in [0.1, 0.15) is 39.5 Å². The number of rotatable bonds is 9. The molecule has 3 nitrogen and oxygen atoms in total. The third-order valence-electron chi connectivity index (χ3n) is 1.97. The van der Waals surface area contributed by atoms with Gasteiger partial charge >= 0.3 is 5.97 Å². The van der Waals surface area contributed by atoms with E-state index < -0.39 is 0 Å². The van der Waals surface area contributed by atoms with Crippen LogP contribution in [0.15, 0.2) is 24.5 Å². The van der Waals surface area contributed by atoms with Crippen LogP contribution in [0.3, 0.4) is 0 Å². The first-order valence-corrected chi connectivity index (χ1v) is 5.74. The maximum absolute atomic E-state index is 11.0. The fourth-order valence-corrected chi connectivity index (χ4v) is 1.09. The summed E-state index contributed by atoms with van der Waals surface area (Å²) in [6, 6.07) is 0. The van der Waals surface area contributed by atoms with E-state index in [-0.39, 0.29) is 5.97 Å². The Morgan fingerprint density at radius 2 is 1.81 bits per heavy atom. The summed E-state index contributed by atoms with van der Waals surface area (Å²) >= 11 is 0.